The number of fused-ring (bicyclic) bond motifs is 5. The summed E-state index contributed by atoms with van der Waals surface area (Å²) in [7, 11) is 0. The molecule has 3 aliphatic heterocycles. The van der Waals surface area contributed by atoms with Crippen LogP contribution in [-0.2, 0) is 25.2 Å². The van der Waals surface area contributed by atoms with Gasteiger partial charge in [0.05, 0.1) is 58.1 Å². The highest BCUT2D eigenvalue weighted by atomic mass is 19.4. The highest BCUT2D eigenvalue weighted by Gasteiger charge is 2.76. The number of nitrogens with zero attached hydrogens (tertiary/aromatic N) is 2. The van der Waals surface area contributed by atoms with E-state index < -0.39 is 64.3 Å². The largest absolute Gasteiger partial charge is 0.447 e. The van der Waals surface area contributed by atoms with Crippen LogP contribution in [-0.4, -0.2) is 41.3 Å². The Balaban J connectivity index is 1.70. The van der Waals surface area contributed by atoms with Crippen LogP contribution < -0.4 is 10.2 Å². The number of anilines is 1. The van der Waals surface area contributed by atoms with Crippen molar-refractivity contribution >= 4 is 23.6 Å². The third-order valence-corrected chi connectivity index (χ3v) is 6.66. The van der Waals surface area contributed by atoms with Gasteiger partial charge in [0.2, 0.25) is 11.8 Å². The van der Waals surface area contributed by atoms with E-state index in [9.17, 15) is 27.6 Å². The molecule has 3 aliphatic rings. The smallest absolute Gasteiger partial charge is 0.417 e. The first-order valence-electron chi connectivity index (χ1n) is 10.4. The number of nitrogens with one attached hydrogen (secondary N) is 1. The first kappa shape index (κ1) is 23.0. The molecule has 8 nitrogen and oxygen atoms in total. The van der Waals surface area contributed by atoms with Gasteiger partial charge in [0, 0.05) is 6.42 Å². The van der Waals surface area contributed by atoms with E-state index in [2.05, 4.69) is 5.32 Å². The second kappa shape index (κ2) is 7.18. The second-order valence-electron chi connectivity index (χ2n) is 9.26. The average molecular weight is 465 g/mol. The van der Waals surface area contributed by atoms with E-state index in [1.807, 2.05) is 0 Å². The molecule has 4 rings (SSSR count). The van der Waals surface area contributed by atoms with Crippen LogP contribution in [0, 0.1) is 23.2 Å². The van der Waals surface area contributed by atoms with Gasteiger partial charge in [-0.2, -0.15) is 18.4 Å². The van der Waals surface area contributed by atoms with Crippen LogP contribution in [0.5, 0.6) is 0 Å². The van der Waals surface area contributed by atoms with Crippen molar-refractivity contribution in [1.82, 2.24) is 5.32 Å². The minimum atomic E-state index is -4.84. The van der Waals surface area contributed by atoms with E-state index >= 15 is 0 Å². The molecule has 3 amide bonds. The van der Waals surface area contributed by atoms with Crippen molar-refractivity contribution in [3.8, 4) is 6.07 Å². The molecule has 0 aliphatic carbocycles. The number of alkyl carbamates (subject to hydrolysis) is 1. The molecule has 1 aromatic carbocycles. The monoisotopic (exact) mass is 465 g/mol. The number of halogens is 3. The van der Waals surface area contributed by atoms with Crippen LogP contribution in [0.2, 0.25) is 0 Å². The molecule has 1 N–H and O–H groups in total. The number of amides is 3. The van der Waals surface area contributed by atoms with Crippen molar-refractivity contribution in [2.24, 2.45) is 11.8 Å². The number of carbonyl (C=O) groups excluding carboxylic acids is 3. The molecule has 33 heavy (non-hydrogen) atoms. The van der Waals surface area contributed by atoms with Gasteiger partial charge in [-0.05, 0) is 45.9 Å². The lowest BCUT2D eigenvalue weighted by molar-refractivity contribution is -0.138. The van der Waals surface area contributed by atoms with E-state index in [-0.39, 0.29) is 18.2 Å². The molecular weight excluding hydrogens is 443 g/mol. The molecule has 0 spiro atoms. The van der Waals surface area contributed by atoms with E-state index in [1.54, 1.807) is 27.7 Å². The standard InChI is InChI=1S/C22H22F3N3O5/c1-10(2)32-19(31)27-14-8-20(3)15-16(21(14,4)33-20)18(30)28(17(15)29)12-6-5-11(9-26)13(7-12)22(23,24)25/h5-7,10,14-16H,8H2,1-4H3,(H,27,31)/t14-,15-,16+,20-,21+/m0/s1. The molecule has 0 aromatic heterocycles. The van der Waals surface area contributed by atoms with Crippen molar-refractivity contribution in [3.05, 3.63) is 29.3 Å². The predicted molar refractivity (Wildman–Crippen MR) is 107 cm³/mol. The minimum absolute atomic E-state index is 0.228. The predicted octanol–water partition coefficient (Wildman–Crippen LogP) is 3.14. The zero-order valence-electron chi connectivity index (χ0n) is 18.3. The van der Waals surface area contributed by atoms with Gasteiger partial charge in [-0.3, -0.25) is 9.59 Å². The summed E-state index contributed by atoms with van der Waals surface area (Å²) < 4.78 is 51.5. The lowest BCUT2D eigenvalue weighted by Crippen LogP contribution is -2.56. The average Bonchev–Trinajstić information content (AvgIpc) is 3.21. The third kappa shape index (κ3) is 3.35. The Morgan fingerprint density at radius 3 is 2.48 bits per heavy atom. The maximum absolute atomic E-state index is 13.4. The number of carbonyl (C=O) groups is 3. The summed E-state index contributed by atoms with van der Waals surface area (Å²) in [4.78, 5) is 39.6. The quantitative estimate of drug-likeness (QED) is 0.687. The van der Waals surface area contributed by atoms with Crippen molar-refractivity contribution in [2.45, 2.75) is 63.6 Å². The Hall–Kier alpha value is -3.13. The van der Waals surface area contributed by atoms with Crippen LogP contribution in [0.3, 0.4) is 0 Å². The SMILES string of the molecule is CC(C)OC(=O)N[C@H]1C[C@]2(C)O[C@@]1(C)[C@H]1C(=O)N(c3ccc(C#N)c(C(F)(F)F)c3)C(=O)[C@H]12. The fourth-order valence-electron chi connectivity index (χ4n) is 5.40. The van der Waals surface area contributed by atoms with Crippen LogP contribution in [0.1, 0.15) is 45.2 Å². The summed E-state index contributed by atoms with van der Waals surface area (Å²) in [5.41, 5.74) is -4.46. The number of rotatable bonds is 3. The summed E-state index contributed by atoms with van der Waals surface area (Å²) in [6, 6.07) is 3.56. The van der Waals surface area contributed by atoms with Crippen molar-refractivity contribution < 1.29 is 37.0 Å². The molecule has 5 atom stereocenters. The summed E-state index contributed by atoms with van der Waals surface area (Å²) >= 11 is 0. The summed E-state index contributed by atoms with van der Waals surface area (Å²) in [5.74, 6) is -3.30. The zero-order valence-corrected chi connectivity index (χ0v) is 18.3. The van der Waals surface area contributed by atoms with Crippen molar-refractivity contribution in [2.75, 3.05) is 4.90 Å². The van der Waals surface area contributed by atoms with Gasteiger partial charge < -0.3 is 14.8 Å². The Bertz CT molecular complexity index is 1100. The van der Waals surface area contributed by atoms with Crippen LogP contribution in [0.25, 0.3) is 0 Å². The maximum atomic E-state index is 13.4. The molecule has 11 heteroatoms. The van der Waals surface area contributed by atoms with Crippen LogP contribution in [0.4, 0.5) is 23.7 Å². The summed E-state index contributed by atoms with van der Waals surface area (Å²) in [5, 5.41) is 11.7. The normalized spacial score (nSPS) is 32.8. The third-order valence-electron chi connectivity index (χ3n) is 6.66. The van der Waals surface area contributed by atoms with Gasteiger partial charge in [0.1, 0.15) is 0 Å². The van der Waals surface area contributed by atoms with Gasteiger partial charge in [-0.1, -0.05) is 0 Å². The number of benzene rings is 1. The molecule has 3 saturated heterocycles. The van der Waals surface area contributed by atoms with Crippen LogP contribution >= 0.6 is 0 Å². The molecule has 0 unspecified atom stereocenters. The molecule has 2 bridgehead atoms. The van der Waals surface area contributed by atoms with Gasteiger partial charge in [0.15, 0.2) is 0 Å². The van der Waals surface area contributed by atoms with E-state index in [0.29, 0.717) is 6.07 Å². The number of hydrogen-bond acceptors (Lipinski definition) is 6. The topological polar surface area (TPSA) is 109 Å². The maximum Gasteiger partial charge on any atom is 0.417 e. The van der Waals surface area contributed by atoms with E-state index in [1.165, 1.54) is 6.07 Å². The fraction of sp³-hybridized carbons (Fsp3) is 0.545. The Labute approximate surface area is 187 Å². The van der Waals surface area contributed by atoms with Crippen molar-refractivity contribution in [1.29, 1.82) is 5.26 Å². The summed E-state index contributed by atoms with van der Waals surface area (Å²) in [6.45, 7) is 6.62. The number of alkyl halides is 3. The van der Waals surface area contributed by atoms with E-state index in [0.717, 1.165) is 17.0 Å². The van der Waals surface area contributed by atoms with Gasteiger partial charge >= 0.3 is 12.3 Å². The number of imide groups is 1. The number of nitriles is 1. The minimum Gasteiger partial charge on any atom is -0.447 e. The lowest BCUT2D eigenvalue weighted by atomic mass is 9.66. The first-order valence-corrected chi connectivity index (χ1v) is 10.4. The fourth-order valence-corrected chi connectivity index (χ4v) is 5.40. The Morgan fingerprint density at radius 2 is 1.91 bits per heavy atom. The summed E-state index contributed by atoms with van der Waals surface area (Å²) in [6.07, 6.45) is -5.67. The Kier molecular flexibility index (Phi) is 5.02. The first-order chi connectivity index (χ1) is 15.2. The molecular formula is C22H22F3N3O5. The highest BCUT2D eigenvalue weighted by molar-refractivity contribution is 6.23. The van der Waals surface area contributed by atoms with Gasteiger partial charge in [-0.25, -0.2) is 9.69 Å². The van der Waals surface area contributed by atoms with Gasteiger partial charge in [-0.15, -0.1) is 0 Å². The Morgan fingerprint density at radius 1 is 1.27 bits per heavy atom. The molecule has 3 heterocycles. The van der Waals surface area contributed by atoms with Gasteiger partial charge in [0.25, 0.3) is 0 Å². The van der Waals surface area contributed by atoms with Crippen molar-refractivity contribution in [3.63, 3.8) is 0 Å². The van der Waals surface area contributed by atoms with Crippen LogP contribution in [0.15, 0.2) is 18.2 Å². The molecule has 1 aromatic rings. The molecule has 0 saturated carbocycles. The lowest BCUT2D eigenvalue weighted by Gasteiger charge is -2.35. The molecule has 0 radical (unpaired) electrons. The number of ether oxygens (including phenoxy) is 2. The zero-order chi connectivity index (χ0) is 24.5. The highest BCUT2D eigenvalue weighted by Crippen LogP contribution is 2.61. The molecule has 176 valence electrons. The van der Waals surface area contributed by atoms with E-state index in [4.69, 9.17) is 14.7 Å². The number of hydrogen-bond donors (Lipinski definition) is 1. The molecule has 3 fully saturated rings. The second-order valence-corrected chi connectivity index (χ2v) is 9.26.